The molecule has 0 aliphatic heterocycles. The Morgan fingerprint density at radius 2 is 2.19 bits per heavy atom. The lowest BCUT2D eigenvalue weighted by Gasteiger charge is -2.25. The normalized spacial score (nSPS) is 13.8. The second-order valence-corrected chi connectivity index (χ2v) is 5.15. The number of hydrogen-bond donors (Lipinski definition) is 1. The van der Waals surface area contributed by atoms with Crippen LogP contribution in [-0.4, -0.2) is 21.6 Å². The van der Waals surface area contributed by atoms with Crippen molar-refractivity contribution in [1.82, 2.24) is 9.78 Å². The van der Waals surface area contributed by atoms with E-state index < -0.39 is 6.04 Å². The van der Waals surface area contributed by atoms with E-state index in [1.54, 1.807) is 16.9 Å². The molecule has 0 aliphatic rings. The highest BCUT2D eigenvalue weighted by Gasteiger charge is 2.29. The molecule has 0 aliphatic carbocycles. The fraction of sp³-hybridized carbons (Fsp3) is 0.667. The maximum Gasteiger partial charge on any atom is 0.197 e. The van der Waals surface area contributed by atoms with Crippen LogP contribution in [0.25, 0.3) is 0 Å². The minimum atomic E-state index is -0.486. The number of nitrogens with zero attached hydrogens (tertiary/aromatic N) is 2. The summed E-state index contributed by atoms with van der Waals surface area (Å²) in [6, 6.07) is 1.25. The molecule has 0 radical (unpaired) electrons. The second kappa shape index (κ2) is 4.78. The Bertz CT molecular complexity index is 363. The number of aromatic nitrogens is 2. The van der Waals surface area contributed by atoms with Crippen molar-refractivity contribution in [1.29, 1.82) is 0 Å². The molecule has 0 fully saturated rings. The van der Waals surface area contributed by atoms with Crippen molar-refractivity contribution in [3.05, 3.63) is 18.0 Å². The highest BCUT2D eigenvalue weighted by molar-refractivity contribution is 5.99. The van der Waals surface area contributed by atoms with E-state index in [4.69, 9.17) is 5.73 Å². The number of ketones is 1. The minimum Gasteiger partial charge on any atom is -0.321 e. The lowest BCUT2D eigenvalue weighted by Crippen LogP contribution is -2.43. The highest BCUT2D eigenvalue weighted by atomic mass is 16.1. The van der Waals surface area contributed by atoms with Crippen LogP contribution >= 0.6 is 0 Å². The SMILES string of the molecule is CCCn1nccc1C(=O)C(N)C(C)(C)C. The monoisotopic (exact) mass is 223 g/mol. The van der Waals surface area contributed by atoms with Crippen molar-refractivity contribution >= 4 is 5.78 Å². The average molecular weight is 223 g/mol. The van der Waals surface area contributed by atoms with Crippen LogP contribution in [0.5, 0.6) is 0 Å². The van der Waals surface area contributed by atoms with Gasteiger partial charge in [-0.1, -0.05) is 27.7 Å². The van der Waals surface area contributed by atoms with Gasteiger partial charge in [-0.05, 0) is 17.9 Å². The zero-order valence-electron chi connectivity index (χ0n) is 10.5. The molecule has 0 aromatic carbocycles. The van der Waals surface area contributed by atoms with Crippen LogP contribution in [0, 0.1) is 5.41 Å². The molecule has 1 atom stereocenters. The Labute approximate surface area is 96.8 Å². The van der Waals surface area contributed by atoms with Crippen LogP contribution in [-0.2, 0) is 6.54 Å². The maximum absolute atomic E-state index is 12.2. The quantitative estimate of drug-likeness (QED) is 0.792. The molecule has 0 bridgehead atoms. The molecule has 1 aromatic rings. The number of carbonyl (C=O) groups excluding carboxylic acids is 1. The number of rotatable bonds is 4. The van der Waals surface area contributed by atoms with E-state index >= 15 is 0 Å². The Morgan fingerprint density at radius 1 is 1.56 bits per heavy atom. The van der Waals surface area contributed by atoms with E-state index in [-0.39, 0.29) is 11.2 Å². The zero-order valence-corrected chi connectivity index (χ0v) is 10.5. The van der Waals surface area contributed by atoms with Gasteiger partial charge >= 0.3 is 0 Å². The molecule has 1 rings (SSSR count). The van der Waals surface area contributed by atoms with Gasteiger partial charge in [0.2, 0.25) is 0 Å². The third kappa shape index (κ3) is 2.70. The summed E-state index contributed by atoms with van der Waals surface area (Å²) in [6.07, 6.45) is 2.60. The van der Waals surface area contributed by atoms with Crippen molar-refractivity contribution in [3.8, 4) is 0 Å². The maximum atomic E-state index is 12.2. The van der Waals surface area contributed by atoms with Gasteiger partial charge in [0.15, 0.2) is 5.78 Å². The molecule has 4 nitrogen and oxygen atoms in total. The van der Waals surface area contributed by atoms with E-state index in [1.807, 2.05) is 20.8 Å². The predicted molar refractivity (Wildman–Crippen MR) is 64.3 cm³/mol. The summed E-state index contributed by atoms with van der Waals surface area (Å²) >= 11 is 0. The molecule has 0 spiro atoms. The van der Waals surface area contributed by atoms with Crippen LogP contribution in [0.2, 0.25) is 0 Å². The van der Waals surface area contributed by atoms with Gasteiger partial charge < -0.3 is 5.73 Å². The summed E-state index contributed by atoms with van der Waals surface area (Å²) in [5, 5.41) is 4.13. The van der Waals surface area contributed by atoms with Crippen molar-refractivity contribution in [3.63, 3.8) is 0 Å². The summed E-state index contributed by atoms with van der Waals surface area (Å²) in [5.41, 5.74) is 6.35. The third-order valence-electron chi connectivity index (χ3n) is 2.62. The minimum absolute atomic E-state index is 0.0292. The molecule has 0 saturated carbocycles. The van der Waals surface area contributed by atoms with Gasteiger partial charge in [-0.3, -0.25) is 9.48 Å². The summed E-state index contributed by atoms with van der Waals surface area (Å²) < 4.78 is 1.73. The van der Waals surface area contributed by atoms with E-state index in [1.165, 1.54) is 0 Å². The van der Waals surface area contributed by atoms with Gasteiger partial charge in [-0.2, -0.15) is 5.10 Å². The molecule has 4 heteroatoms. The van der Waals surface area contributed by atoms with Gasteiger partial charge in [-0.15, -0.1) is 0 Å². The van der Waals surface area contributed by atoms with Crippen LogP contribution in [0.3, 0.4) is 0 Å². The topological polar surface area (TPSA) is 60.9 Å². The first-order chi connectivity index (χ1) is 7.38. The largest absolute Gasteiger partial charge is 0.321 e. The average Bonchev–Trinajstić information content (AvgIpc) is 2.63. The lowest BCUT2D eigenvalue weighted by molar-refractivity contribution is 0.0890. The second-order valence-electron chi connectivity index (χ2n) is 5.15. The summed E-state index contributed by atoms with van der Waals surface area (Å²) in [7, 11) is 0. The molecule has 1 unspecified atom stereocenters. The molecular formula is C12H21N3O. The van der Waals surface area contributed by atoms with Crippen molar-refractivity contribution in [2.45, 2.75) is 46.7 Å². The summed E-state index contributed by atoms with van der Waals surface area (Å²) in [4.78, 5) is 12.2. The Kier molecular flexibility index (Phi) is 3.86. The zero-order chi connectivity index (χ0) is 12.3. The molecule has 90 valence electrons. The van der Waals surface area contributed by atoms with E-state index in [0.717, 1.165) is 13.0 Å². The molecule has 0 saturated heterocycles. The van der Waals surface area contributed by atoms with Gasteiger partial charge in [0, 0.05) is 12.7 Å². The Morgan fingerprint density at radius 3 is 2.69 bits per heavy atom. The van der Waals surface area contributed by atoms with E-state index in [2.05, 4.69) is 12.0 Å². The van der Waals surface area contributed by atoms with Crippen LogP contribution in [0.4, 0.5) is 0 Å². The molecule has 2 N–H and O–H groups in total. The van der Waals surface area contributed by atoms with Gasteiger partial charge in [0.1, 0.15) is 5.69 Å². The fourth-order valence-corrected chi connectivity index (χ4v) is 1.48. The third-order valence-corrected chi connectivity index (χ3v) is 2.62. The number of aryl methyl sites for hydroxylation is 1. The first-order valence-electron chi connectivity index (χ1n) is 5.69. The Balaban J connectivity index is 2.92. The smallest absolute Gasteiger partial charge is 0.197 e. The summed E-state index contributed by atoms with van der Waals surface area (Å²) in [6.45, 7) is 8.72. The standard InChI is InChI=1S/C12H21N3O/c1-5-8-15-9(6-7-14-15)10(16)11(13)12(2,3)4/h6-7,11H,5,8,13H2,1-4H3. The molecule has 1 aromatic heterocycles. The van der Waals surface area contributed by atoms with Gasteiger partial charge in [-0.25, -0.2) is 0 Å². The van der Waals surface area contributed by atoms with Crippen molar-refractivity contribution in [2.75, 3.05) is 0 Å². The Hall–Kier alpha value is -1.16. The summed E-state index contributed by atoms with van der Waals surface area (Å²) in [5.74, 6) is -0.0292. The predicted octanol–water partition coefficient (Wildman–Crippen LogP) is 1.85. The molecule has 1 heterocycles. The number of carbonyl (C=O) groups is 1. The van der Waals surface area contributed by atoms with Crippen LogP contribution < -0.4 is 5.73 Å². The molecular weight excluding hydrogens is 202 g/mol. The highest BCUT2D eigenvalue weighted by Crippen LogP contribution is 2.20. The number of Topliss-reactive ketones (excluding diaryl/α,β-unsaturated/α-hetero) is 1. The first kappa shape index (κ1) is 12.9. The van der Waals surface area contributed by atoms with Crippen molar-refractivity contribution in [2.24, 2.45) is 11.1 Å². The molecule has 0 amide bonds. The van der Waals surface area contributed by atoms with Gasteiger partial charge in [0.05, 0.1) is 6.04 Å². The van der Waals surface area contributed by atoms with Crippen LogP contribution in [0.15, 0.2) is 12.3 Å². The van der Waals surface area contributed by atoms with Gasteiger partial charge in [0.25, 0.3) is 0 Å². The number of nitrogens with two attached hydrogens (primary N) is 1. The lowest BCUT2D eigenvalue weighted by atomic mass is 9.84. The first-order valence-corrected chi connectivity index (χ1v) is 5.69. The molecule has 16 heavy (non-hydrogen) atoms. The van der Waals surface area contributed by atoms with E-state index in [9.17, 15) is 4.79 Å². The van der Waals surface area contributed by atoms with Crippen molar-refractivity contribution < 1.29 is 4.79 Å². The van der Waals surface area contributed by atoms with Crippen LogP contribution in [0.1, 0.15) is 44.6 Å². The number of hydrogen-bond acceptors (Lipinski definition) is 3. The van der Waals surface area contributed by atoms with E-state index in [0.29, 0.717) is 5.69 Å². The fourth-order valence-electron chi connectivity index (χ4n) is 1.48.